The maximum Gasteiger partial charge on any atom is 0.0404 e. The monoisotopic (exact) mass is 193 g/mol. The quantitative estimate of drug-likeness (QED) is 0.654. The van der Waals surface area contributed by atoms with E-state index in [1.54, 1.807) is 6.08 Å². The summed E-state index contributed by atoms with van der Waals surface area (Å²) in [5, 5.41) is 3.05. The lowest BCUT2D eigenvalue weighted by Gasteiger charge is -2.03. The molecule has 0 spiro atoms. The second-order valence-corrected chi connectivity index (χ2v) is 2.34. The molecule has 0 aliphatic rings. The molecule has 0 aliphatic carbocycles. The molecule has 0 aliphatic heterocycles. The molecule has 0 rings (SSSR count). The molecular weight excluding hydrogens is 170 g/mol. The second kappa shape index (κ2) is 11.8. The molecule has 0 aromatic rings. The smallest absolute Gasteiger partial charge is 0.0404 e. The number of nitrogens with one attached hydrogen (secondary N) is 1. The van der Waals surface area contributed by atoms with E-state index in [0.717, 1.165) is 17.7 Å². The summed E-state index contributed by atoms with van der Waals surface area (Å²) in [5.74, 6) is 0. The van der Waals surface area contributed by atoms with Crippen molar-refractivity contribution in [2.75, 3.05) is 7.05 Å². The zero-order chi connectivity index (χ0) is 11.4. The van der Waals surface area contributed by atoms with Gasteiger partial charge in [-0.1, -0.05) is 52.2 Å². The molecule has 0 fully saturated rings. The predicted octanol–water partition coefficient (Wildman–Crippen LogP) is 3.82. The first-order chi connectivity index (χ1) is 6.79. The lowest BCUT2D eigenvalue weighted by molar-refractivity contribution is 1.02. The number of likely N-dealkylation sites (N-methyl/N-ethyl adjacent to an activating group) is 1. The average molecular weight is 193 g/mol. The first kappa shape index (κ1) is 15.2. The largest absolute Gasteiger partial charge is 0.388 e. The summed E-state index contributed by atoms with van der Waals surface area (Å²) in [5.41, 5.74) is 2.09. The number of allylic oxidation sites excluding steroid dienone is 5. The third-order valence-electron chi connectivity index (χ3n) is 1.54. The fourth-order valence-corrected chi connectivity index (χ4v) is 0.877. The van der Waals surface area contributed by atoms with Crippen LogP contribution in [0, 0.1) is 0 Å². The molecule has 0 amide bonds. The summed E-state index contributed by atoms with van der Waals surface area (Å²) >= 11 is 0. The molecule has 80 valence electrons. The summed E-state index contributed by atoms with van der Waals surface area (Å²) < 4.78 is 0. The van der Waals surface area contributed by atoms with Crippen molar-refractivity contribution in [3.05, 3.63) is 48.7 Å². The highest BCUT2D eigenvalue weighted by molar-refractivity contribution is 5.38. The van der Waals surface area contributed by atoms with Gasteiger partial charge in [-0.15, -0.1) is 0 Å². The van der Waals surface area contributed by atoms with E-state index in [0.29, 0.717) is 0 Å². The van der Waals surface area contributed by atoms with Crippen molar-refractivity contribution in [2.45, 2.75) is 27.2 Å². The number of hydrogen-bond donors (Lipinski definition) is 1. The topological polar surface area (TPSA) is 12.0 Å². The molecule has 0 bridgehead atoms. The standard InChI is InChI=1S/C11H17N.C2H6/c1-5-8-9-10(6-2)11(7-3)12-4;1-2/h6-9,12H,2-3,5H2,1,4H3;1-2H3/b9-8-,11-10+;. The Kier molecular flexibility index (Phi) is 12.8. The van der Waals surface area contributed by atoms with Crippen LogP contribution in [0.2, 0.25) is 0 Å². The molecular formula is C13H23N. The summed E-state index contributed by atoms with van der Waals surface area (Å²) in [6.45, 7) is 13.5. The van der Waals surface area contributed by atoms with Crippen molar-refractivity contribution in [3.63, 3.8) is 0 Å². The van der Waals surface area contributed by atoms with Gasteiger partial charge in [-0.2, -0.15) is 0 Å². The Labute approximate surface area is 88.9 Å². The van der Waals surface area contributed by atoms with Crippen molar-refractivity contribution in [3.8, 4) is 0 Å². The van der Waals surface area contributed by atoms with Crippen molar-refractivity contribution in [2.24, 2.45) is 0 Å². The second-order valence-electron chi connectivity index (χ2n) is 2.34. The number of rotatable bonds is 5. The van der Waals surface area contributed by atoms with Gasteiger partial charge in [0.2, 0.25) is 0 Å². The van der Waals surface area contributed by atoms with Gasteiger partial charge in [-0.3, -0.25) is 0 Å². The first-order valence-corrected chi connectivity index (χ1v) is 5.13. The fraction of sp³-hybridized carbons (Fsp3) is 0.385. The molecule has 1 nitrogen and oxygen atoms in total. The molecule has 1 heteroatoms. The summed E-state index contributed by atoms with van der Waals surface area (Å²) in [4.78, 5) is 0. The van der Waals surface area contributed by atoms with Crippen molar-refractivity contribution in [1.29, 1.82) is 0 Å². The van der Waals surface area contributed by atoms with Gasteiger partial charge in [-0.05, 0) is 18.1 Å². The van der Waals surface area contributed by atoms with E-state index in [2.05, 4.69) is 31.5 Å². The maximum absolute atomic E-state index is 3.73. The Hall–Kier alpha value is -1.24. The van der Waals surface area contributed by atoms with Crippen LogP contribution in [0.1, 0.15) is 27.2 Å². The minimum atomic E-state index is 1.01. The Bertz CT molecular complexity index is 209. The van der Waals surface area contributed by atoms with Gasteiger partial charge in [0.1, 0.15) is 0 Å². The highest BCUT2D eigenvalue weighted by atomic mass is 14.8. The van der Waals surface area contributed by atoms with Gasteiger partial charge < -0.3 is 5.32 Å². The van der Waals surface area contributed by atoms with Crippen LogP contribution in [0.5, 0.6) is 0 Å². The lowest BCUT2D eigenvalue weighted by atomic mass is 10.1. The molecule has 0 aromatic heterocycles. The SMILES string of the molecule is C=CC(/C=C\CC)=C(/C=C)NC.CC. The fourth-order valence-electron chi connectivity index (χ4n) is 0.877. The van der Waals surface area contributed by atoms with E-state index in [9.17, 15) is 0 Å². The lowest BCUT2D eigenvalue weighted by Crippen LogP contribution is -2.04. The van der Waals surface area contributed by atoms with E-state index in [-0.39, 0.29) is 0 Å². The number of hydrogen-bond acceptors (Lipinski definition) is 1. The molecule has 0 saturated carbocycles. The first-order valence-electron chi connectivity index (χ1n) is 5.13. The van der Waals surface area contributed by atoms with Gasteiger partial charge in [0.15, 0.2) is 0 Å². The zero-order valence-corrected chi connectivity index (χ0v) is 9.93. The molecule has 0 aromatic carbocycles. The normalized spacial score (nSPS) is 11.1. The molecule has 0 atom stereocenters. The third kappa shape index (κ3) is 6.30. The Morgan fingerprint density at radius 3 is 2.07 bits per heavy atom. The Balaban J connectivity index is 0. The maximum atomic E-state index is 3.73. The van der Waals surface area contributed by atoms with Crippen LogP contribution in [0.3, 0.4) is 0 Å². The zero-order valence-electron chi connectivity index (χ0n) is 9.93. The van der Waals surface area contributed by atoms with E-state index in [4.69, 9.17) is 0 Å². The van der Waals surface area contributed by atoms with Crippen molar-refractivity contribution >= 4 is 0 Å². The van der Waals surface area contributed by atoms with Crippen LogP contribution in [0.4, 0.5) is 0 Å². The highest BCUT2D eigenvalue weighted by Gasteiger charge is 1.91. The minimum absolute atomic E-state index is 1.01. The van der Waals surface area contributed by atoms with Crippen LogP contribution < -0.4 is 5.32 Å². The molecule has 0 radical (unpaired) electrons. The van der Waals surface area contributed by atoms with E-state index < -0.39 is 0 Å². The van der Waals surface area contributed by atoms with Crippen LogP contribution >= 0.6 is 0 Å². The minimum Gasteiger partial charge on any atom is -0.388 e. The molecule has 0 heterocycles. The van der Waals surface area contributed by atoms with Crippen LogP contribution in [-0.4, -0.2) is 7.05 Å². The Morgan fingerprint density at radius 1 is 1.21 bits per heavy atom. The van der Waals surface area contributed by atoms with Crippen molar-refractivity contribution < 1.29 is 0 Å². The van der Waals surface area contributed by atoms with E-state index in [1.807, 2.05) is 33.0 Å². The summed E-state index contributed by atoms with van der Waals surface area (Å²) in [6, 6.07) is 0. The summed E-state index contributed by atoms with van der Waals surface area (Å²) in [6.07, 6.45) is 8.78. The molecule has 1 N–H and O–H groups in total. The molecule has 14 heavy (non-hydrogen) atoms. The average Bonchev–Trinajstić information content (AvgIpc) is 2.27. The summed E-state index contributed by atoms with van der Waals surface area (Å²) in [7, 11) is 1.88. The van der Waals surface area contributed by atoms with Crippen LogP contribution in [-0.2, 0) is 0 Å². The third-order valence-corrected chi connectivity index (χ3v) is 1.54. The van der Waals surface area contributed by atoms with Gasteiger partial charge in [0.05, 0.1) is 0 Å². The highest BCUT2D eigenvalue weighted by Crippen LogP contribution is 2.05. The van der Waals surface area contributed by atoms with Crippen molar-refractivity contribution in [1.82, 2.24) is 5.32 Å². The predicted molar refractivity (Wildman–Crippen MR) is 67.3 cm³/mol. The molecule has 0 unspecified atom stereocenters. The van der Waals surface area contributed by atoms with Gasteiger partial charge >= 0.3 is 0 Å². The molecule has 0 saturated heterocycles. The van der Waals surface area contributed by atoms with Crippen LogP contribution in [0.25, 0.3) is 0 Å². The Morgan fingerprint density at radius 2 is 1.79 bits per heavy atom. The van der Waals surface area contributed by atoms with Gasteiger partial charge in [0.25, 0.3) is 0 Å². The van der Waals surface area contributed by atoms with Crippen LogP contribution in [0.15, 0.2) is 48.7 Å². The van der Waals surface area contributed by atoms with Gasteiger partial charge in [0, 0.05) is 12.7 Å². The van der Waals surface area contributed by atoms with Gasteiger partial charge in [-0.25, -0.2) is 0 Å². The van der Waals surface area contributed by atoms with E-state index in [1.165, 1.54) is 0 Å². The van der Waals surface area contributed by atoms with E-state index >= 15 is 0 Å².